The normalized spacial score (nSPS) is 14.4. The van der Waals surface area contributed by atoms with Crippen LogP contribution in [0.15, 0.2) is 65.8 Å². The van der Waals surface area contributed by atoms with Gasteiger partial charge in [0.05, 0.1) is 17.9 Å². The molecular formula is C22H24N2O3S. The summed E-state index contributed by atoms with van der Waals surface area (Å²) < 4.78 is 5.38. The zero-order valence-corrected chi connectivity index (χ0v) is 16.6. The standard InChI is InChI=1S/C22H24N2O3S/c1-16(11-12-17-7-3-2-4-8-17)23-21(25)18-9-5-6-10-19(18)24-22(26)20-15-28-14-13-27-20/h2-10,15-16H,11-14H2,1H3,(H,23,25)(H,24,26). The van der Waals surface area contributed by atoms with Crippen molar-refractivity contribution in [3.8, 4) is 0 Å². The number of ether oxygens (including phenoxy) is 1. The van der Waals surface area contributed by atoms with E-state index in [1.54, 1.807) is 29.7 Å². The van der Waals surface area contributed by atoms with Gasteiger partial charge in [0.15, 0.2) is 5.76 Å². The van der Waals surface area contributed by atoms with Gasteiger partial charge in [-0.2, -0.15) is 0 Å². The van der Waals surface area contributed by atoms with Crippen LogP contribution in [0.25, 0.3) is 0 Å². The summed E-state index contributed by atoms with van der Waals surface area (Å²) in [5.74, 6) is 0.563. The zero-order chi connectivity index (χ0) is 19.8. The quantitative estimate of drug-likeness (QED) is 0.743. The number of aryl methyl sites for hydroxylation is 1. The fraction of sp³-hybridized carbons (Fsp3) is 0.273. The third kappa shape index (κ3) is 5.63. The van der Waals surface area contributed by atoms with Gasteiger partial charge in [-0.3, -0.25) is 9.59 Å². The van der Waals surface area contributed by atoms with Gasteiger partial charge in [-0.15, -0.1) is 11.8 Å². The van der Waals surface area contributed by atoms with Crippen LogP contribution in [-0.4, -0.2) is 30.2 Å². The summed E-state index contributed by atoms with van der Waals surface area (Å²) in [6.07, 6.45) is 1.73. The van der Waals surface area contributed by atoms with E-state index in [1.807, 2.05) is 25.1 Å². The van der Waals surface area contributed by atoms with Crippen molar-refractivity contribution in [1.82, 2.24) is 5.32 Å². The zero-order valence-electron chi connectivity index (χ0n) is 15.8. The number of carbonyl (C=O) groups excluding carboxylic acids is 2. The SMILES string of the molecule is CC(CCc1ccccc1)NC(=O)c1ccccc1NC(=O)C1=CSCCO1. The molecule has 1 aliphatic heterocycles. The first-order valence-electron chi connectivity index (χ1n) is 9.33. The first-order chi connectivity index (χ1) is 13.6. The molecule has 1 heterocycles. The van der Waals surface area contributed by atoms with Gasteiger partial charge >= 0.3 is 0 Å². The molecule has 0 spiro atoms. The first-order valence-corrected chi connectivity index (χ1v) is 10.4. The average molecular weight is 397 g/mol. The van der Waals surface area contributed by atoms with Crippen LogP contribution in [0.4, 0.5) is 5.69 Å². The Bertz CT molecular complexity index is 852. The lowest BCUT2D eigenvalue weighted by atomic mass is 10.1. The van der Waals surface area contributed by atoms with Crippen LogP contribution < -0.4 is 10.6 Å². The van der Waals surface area contributed by atoms with Gasteiger partial charge in [-0.05, 0) is 37.5 Å². The van der Waals surface area contributed by atoms with E-state index in [1.165, 1.54) is 17.3 Å². The molecule has 0 aromatic heterocycles. The maximum absolute atomic E-state index is 12.7. The molecule has 1 unspecified atom stereocenters. The second kappa shape index (κ2) is 9.99. The molecule has 2 aromatic carbocycles. The van der Waals surface area contributed by atoms with E-state index in [0.717, 1.165) is 18.6 Å². The lowest BCUT2D eigenvalue weighted by Gasteiger charge is -2.17. The minimum Gasteiger partial charge on any atom is -0.487 e. The third-order valence-electron chi connectivity index (χ3n) is 4.38. The highest BCUT2D eigenvalue weighted by molar-refractivity contribution is 8.02. The maximum Gasteiger partial charge on any atom is 0.291 e. The maximum atomic E-state index is 12.7. The molecule has 2 amide bonds. The summed E-state index contributed by atoms with van der Waals surface area (Å²) in [6, 6.07) is 17.2. The van der Waals surface area contributed by atoms with Crippen molar-refractivity contribution in [2.45, 2.75) is 25.8 Å². The molecule has 0 radical (unpaired) electrons. The largest absolute Gasteiger partial charge is 0.487 e. The highest BCUT2D eigenvalue weighted by Crippen LogP contribution is 2.20. The molecule has 0 saturated carbocycles. The molecule has 0 fully saturated rings. The summed E-state index contributed by atoms with van der Waals surface area (Å²) >= 11 is 1.54. The number of benzene rings is 2. The van der Waals surface area contributed by atoms with E-state index < -0.39 is 0 Å². The predicted molar refractivity (Wildman–Crippen MR) is 113 cm³/mol. The first kappa shape index (κ1) is 20.0. The van der Waals surface area contributed by atoms with Crippen LogP contribution in [0.3, 0.4) is 0 Å². The van der Waals surface area contributed by atoms with Crippen molar-refractivity contribution in [3.05, 3.63) is 76.9 Å². The molecule has 146 valence electrons. The molecule has 3 rings (SSSR count). The highest BCUT2D eigenvalue weighted by Gasteiger charge is 2.19. The Morgan fingerprint density at radius 1 is 1.07 bits per heavy atom. The topological polar surface area (TPSA) is 67.4 Å². The number of hydrogen-bond donors (Lipinski definition) is 2. The number of carbonyl (C=O) groups is 2. The average Bonchev–Trinajstić information content (AvgIpc) is 2.74. The minimum atomic E-state index is -0.343. The van der Waals surface area contributed by atoms with Crippen LogP contribution in [-0.2, 0) is 16.0 Å². The summed E-state index contributed by atoms with van der Waals surface area (Å²) in [5.41, 5.74) is 2.15. The van der Waals surface area contributed by atoms with E-state index in [4.69, 9.17) is 4.74 Å². The fourth-order valence-electron chi connectivity index (χ4n) is 2.86. The van der Waals surface area contributed by atoms with Crippen molar-refractivity contribution in [1.29, 1.82) is 0 Å². The molecule has 2 aromatic rings. The van der Waals surface area contributed by atoms with Crippen LogP contribution in [0.5, 0.6) is 0 Å². The van der Waals surface area contributed by atoms with E-state index in [2.05, 4.69) is 22.8 Å². The van der Waals surface area contributed by atoms with E-state index in [-0.39, 0.29) is 23.6 Å². The molecule has 1 aliphatic rings. The van der Waals surface area contributed by atoms with E-state index >= 15 is 0 Å². The Kier molecular flexibility index (Phi) is 7.14. The van der Waals surface area contributed by atoms with Crippen molar-refractivity contribution < 1.29 is 14.3 Å². The van der Waals surface area contributed by atoms with Gasteiger partial charge in [0.1, 0.15) is 0 Å². The van der Waals surface area contributed by atoms with Gasteiger partial charge in [0.2, 0.25) is 0 Å². The van der Waals surface area contributed by atoms with E-state index in [9.17, 15) is 9.59 Å². The lowest BCUT2D eigenvalue weighted by Crippen LogP contribution is -2.33. The molecule has 0 aliphatic carbocycles. The number of thioether (sulfide) groups is 1. The van der Waals surface area contributed by atoms with Crippen molar-refractivity contribution in [2.24, 2.45) is 0 Å². The molecule has 28 heavy (non-hydrogen) atoms. The van der Waals surface area contributed by atoms with Crippen LogP contribution in [0, 0.1) is 0 Å². The van der Waals surface area contributed by atoms with Crippen molar-refractivity contribution in [2.75, 3.05) is 17.7 Å². The van der Waals surface area contributed by atoms with E-state index in [0.29, 0.717) is 17.9 Å². The van der Waals surface area contributed by atoms with Gasteiger partial charge < -0.3 is 15.4 Å². The Morgan fingerprint density at radius 2 is 1.82 bits per heavy atom. The number of para-hydroxylation sites is 1. The number of nitrogens with one attached hydrogen (secondary N) is 2. The fourth-order valence-corrected chi connectivity index (χ4v) is 3.49. The van der Waals surface area contributed by atoms with Crippen molar-refractivity contribution >= 4 is 29.3 Å². The van der Waals surface area contributed by atoms with Crippen LogP contribution in [0.2, 0.25) is 0 Å². The molecule has 2 N–H and O–H groups in total. The molecule has 5 nitrogen and oxygen atoms in total. The van der Waals surface area contributed by atoms with Crippen molar-refractivity contribution in [3.63, 3.8) is 0 Å². The van der Waals surface area contributed by atoms with Crippen LogP contribution in [0.1, 0.15) is 29.3 Å². The third-order valence-corrected chi connectivity index (χ3v) is 5.16. The molecule has 6 heteroatoms. The number of rotatable bonds is 7. The van der Waals surface area contributed by atoms with Gasteiger partial charge in [-0.25, -0.2) is 0 Å². The summed E-state index contributed by atoms with van der Waals surface area (Å²) in [7, 11) is 0. The second-order valence-electron chi connectivity index (χ2n) is 6.60. The predicted octanol–water partition coefficient (Wildman–Crippen LogP) is 3.98. The Hall–Kier alpha value is -2.73. The van der Waals surface area contributed by atoms with Gasteiger partial charge in [0, 0.05) is 17.2 Å². The van der Waals surface area contributed by atoms with Gasteiger partial charge in [0.25, 0.3) is 11.8 Å². The number of amides is 2. The summed E-state index contributed by atoms with van der Waals surface area (Å²) in [4.78, 5) is 25.1. The molecule has 0 bridgehead atoms. The highest BCUT2D eigenvalue weighted by atomic mass is 32.2. The summed E-state index contributed by atoms with van der Waals surface area (Å²) in [5, 5.41) is 7.51. The minimum absolute atomic E-state index is 0.0113. The Labute approximate surface area is 169 Å². The molecule has 0 saturated heterocycles. The Balaban J connectivity index is 1.60. The monoisotopic (exact) mass is 396 g/mol. The summed E-state index contributed by atoms with van der Waals surface area (Å²) in [6.45, 7) is 2.49. The van der Waals surface area contributed by atoms with Gasteiger partial charge in [-0.1, -0.05) is 42.5 Å². The Morgan fingerprint density at radius 3 is 2.57 bits per heavy atom. The number of anilines is 1. The smallest absolute Gasteiger partial charge is 0.291 e. The molecular weight excluding hydrogens is 372 g/mol. The molecule has 1 atom stereocenters. The van der Waals surface area contributed by atoms with Crippen LogP contribution >= 0.6 is 11.8 Å². The number of hydrogen-bond acceptors (Lipinski definition) is 4. The lowest BCUT2D eigenvalue weighted by molar-refractivity contribution is -0.116. The second-order valence-corrected chi connectivity index (χ2v) is 7.58.